The summed E-state index contributed by atoms with van der Waals surface area (Å²) in [6, 6.07) is 9.40. The predicted molar refractivity (Wildman–Crippen MR) is 61.2 cm³/mol. The first-order chi connectivity index (χ1) is 8.15. The number of aliphatic hydroxyl groups excluding tert-OH is 4. The molecular weight excluding hydrogens is 224 g/mol. The van der Waals surface area contributed by atoms with E-state index in [-0.39, 0.29) is 6.61 Å². The molecular formula is C12H18O5. The lowest BCUT2D eigenvalue weighted by molar-refractivity contribution is -0.101. The van der Waals surface area contributed by atoms with Crippen LogP contribution in [0.5, 0.6) is 0 Å². The smallest absolute Gasteiger partial charge is 0.110 e. The van der Waals surface area contributed by atoms with E-state index in [4.69, 9.17) is 14.9 Å². The molecule has 5 nitrogen and oxygen atoms in total. The van der Waals surface area contributed by atoms with Gasteiger partial charge in [-0.1, -0.05) is 30.3 Å². The van der Waals surface area contributed by atoms with Gasteiger partial charge in [0.05, 0.1) is 19.8 Å². The van der Waals surface area contributed by atoms with Crippen molar-refractivity contribution in [2.45, 2.75) is 24.9 Å². The number of hydrogen-bond acceptors (Lipinski definition) is 5. The Labute approximate surface area is 99.9 Å². The fourth-order valence-corrected chi connectivity index (χ4v) is 1.33. The molecule has 1 rings (SSSR count). The maximum absolute atomic E-state index is 9.45. The lowest BCUT2D eigenvalue weighted by Crippen LogP contribution is -2.41. The van der Waals surface area contributed by atoms with Crippen LogP contribution in [-0.2, 0) is 11.3 Å². The van der Waals surface area contributed by atoms with Gasteiger partial charge in [0, 0.05) is 0 Å². The molecule has 0 aliphatic heterocycles. The van der Waals surface area contributed by atoms with Crippen molar-refractivity contribution in [1.82, 2.24) is 0 Å². The van der Waals surface area contributed by atoms with Crippen LogP contribution < -0.4 is 0 Å². The van der Waals surface area contributed by atoms with Gasteiger partial charge in [0.1, 0.15) is 18.3 Å². The summed E-state index contributed by atoms with van der Waals surface area (Å²) in [5.74, 6) is 0. The first-order valence-electron chi connectivity index (χ1n) is 5.42. The summed E-state index contributed by atoms with van der Waals surface area (Å²) in [6.07, 6.45) is -3.98. The van der Waals surface area contributed by atoms with Crippen molar-refractivity contribution in [3.63, 3.8) is 0 Å². The minimum Gasteiger partial charge on any atom is -0.394 e. The van der Waals surface area contributed by atoms with E-state index >= 15 is 0 Å². The molecule has 0 amide bonds. The van der Waals surface area contributed by atoms with Gasteiger partial charge in [0.25, 0.3) is 0 Å². The molecule has 96 valence electrons. The van der Waals surface area contributed by atoms with E-state index in [0.29, 0.717) is 6.61 Å². The molecule has 0 radical (unpaired) electrons. The van der Waals surface area contributed by atoms with Gasteiger partial charge in [-0.3, -0.25) is 0 Å². The third-order valence-corrected chi connectivity index (χ3v) is 2.38. The number of benzene rings is 1. The maximum atomic E-state index is 9.45. The van der Waals surface area contributed by atoms with Crippen molar-refractivity contribution in [1.29, 1.82) is 0 Å². The van der Waals surface area contributed by atoms with E-state index in [9.17, 15) is 10.2 Å². The Kier molecular flexibility index (Phi) is 6.10. The van der Waals surface area contributed by atoms with Crippen LogP contribution in [-0.4, -0.2) is 52.0 Å². The van der Waals surface area contributed by atoms with E-state index in [1.165, 1.54) is 0 Å². The van der Waals surface area contributed by atoms with Crippen LogP contribution in [0.4, 0.5) is 0 Å². The van der Waals surface area contributed by atoms with Gasteiger partial charge < -0.3 is 25.2 Å². The second kappa shape index (κ2) is 7.37. The molecule has 0 aliphatic carbocycles. The van der Waals surface area contributed by atoms with E-state index in [1.807, 2.05) is 30.3 Å². The molecule has 0 aromatic heterocycles. The number of rotatable bonds is 7. The van der Waals surface area contributed by atoms with E-state index < -0.39 is 24.9 Å². The topological polar surface area (TPSA) is 90.2 Å². The summed E-state index contributed by atoms with van der Waals surface area (Å²) in [6.45, 7) is -0.385. The highest BCUT2D eigenvalue weighted by Crippen LogP contribution is 2.04. The minimum absolute atomic E-state index is 0.104. The second-order valence-electron chi connectivity index (χ2n) is 3.81. The molecule has 0 heterocycles. The van der Waals surface area contributed by atoms with Crippen molar-refractivity contribution in [2.75, 3.05) is 13.2 Å². The van der Waals surface area contributed by atoms with Gasteiger partial charge in [-0.25, -0.2) is 0 Å². The highest BCUT2D eigenvalue weighted by molar-refractivity contribution is 5.13. The van der Waals surface area contributed by atoms with Gasteiger partial charge in [0.15, 0.2) is 0 Å². The predicted octanol–water partition coefficient (Wildman–Crippen LogP) is -0.722. The zero-order valence-electron chi connectivity index (χ0n) is 9.44. The molecule has 0 saturated heterocycles. The Hall–Kier alpha value is -0.980. The van der Waals surface area contributed by atoms with E-state index in [2.05, 4.69) is 0 Å². The molecule has 3 atom stereocenters. The summed E-state index contributed by atoms with van der Waals surface area (Å²) in [5, 5.41) is 36.5. The summed E-state index contributed by atoms with van der Waals surface area (Å²) in [7, 11) is 0. The monoisotopic (exact) mass is 242 g/mol. The van der Waals surface area contributed by atoms with Gasteiger partial charge in [-0.05, 0) is 5.56 Å². The third-order valence-electron chi connectivity index (χ3n) is 2.38. The Morgan fingerprint density at radius 2 is 1.65 bits per heavy atom. The summed E-state index contributed by atoms with van der Waals surface area (Å²) >= 11 is 0. The average Bonchev–Trinajstić information content (AvgIpc) is 2.38. The minimum atomic E-state index is -1.41. The third kappa shape index (κ3) is 4.80. The van der Waals surface area contributed by atoms with Crippen LogP contribution >= 0.6 is 0 Å². The second-order valence-corrected chi connectivity index (χ2v) is 3.81. The van der Waals surface area contributed by atoms with Crippen molar-refractivity contribution >= 4 is 0 Å². The molecule has 17 heavy (non-hydrogen) atoms. The number of hydrogen-bond donors (Lipinski definition) is 4. The average molecular weight is 242 g/mol. The molecule has 1 aromatic carbocycles. The molecule has 0 aliphatic rings. The maximum Gasteiger partial charge on any atom is 0.110 e. The van der Waals surface area contributed by atoms with Crippen LogP contribution in [0.2, 0.25) is 0 Å². The zero-order chi connectivity index (χ0) is 12.7. The largest absolute Gasteiger partial charge is 0.394 e. The van der Waals surface area contributed by atoms with Crippen LogP contribution in [0.15, 0.2) is 30.3 Å². The van der Waals surface area contributed by atoms with Gasteiger partial charge in [0.2, 0.25) is 0 Å². The Bertz CT molecular complexity index is 303. The molecule has 0 bridgehead atoms. The number of aliphatic hydroxyl groups is 4. The SMILES string of the molecule is OC[C@@H](O)[C@H](O)[C@H](O)COCc1ccccc1. The fraction of sp³-hybridized carbons (Fsp3) is 0.500. The van der Waals surface area contributed by atoms with Crippen molar-refractivity contribution < 1.29 is 25.2 Å². The lowest BCUT2D eigenvalue weighted by atomic mass is 10.1. The van der Waals surface area contributed by atoms with Crippen LogP contribution in [0.3, 0.4) is 0 Å². The molecule has 0 spiro atoms. The Balaban J connectivity index is 2.27. The normalized spacial score (nSPS) is 16.5. The molecule has 1 aromatic rings. The van der Waals surface area contributed by atoms with Crippen molar-refractivity contribution in [3.05, 3.63) is 35.9 Å². The van der Waals surface area contributed by atoms with E-state index in [1.54, 1.807) is 0 Å². The fourth-order valence-electron chi connectivity index (χ4n) is 1.33. The van der Waals surface area contributed by atoms with Crippen molar-refractivity contribution in [2.24, 2.45) is 0 Å². The Morgan fingerprint density at radius 1 is 1.00 bits per heavy atom. The van der Waals surface area contributed by atoms with E-state index in [0.717, 1.165) is 5.56 Å². The zero-order valence-corrected chi connectivity index (χ0v) is 9.44. The standard InChI is InChI=1S/C12H18O5/c13-6-10(14)12(16)11(15)8-17-7-9-4-2-1-3-5-9/h1-5,10-16H,6-8H2/t10-,11-,12+/m1/s1. The van der Waals surface area contributed by atoms with Gasteiger partial charge in [-0.15, -0.1) is 0 Å². The quantitative estimate of drug-likeness (QED) is 0.506. The first-order valence-corrected chi connectivity index (χ1v) is 5.42. The van der Waals surface area contributed by atoms with Crippen LogP contribution in [0.25, 0.3) is 0 Å². The van der Waals surface area contributed by atoms with Gasteiger partial charge in [-0.2, -0.15) is 0 Å². The van der Waals surface area contributed by atoms with Crippen LogP contribution in [0.1, 0.15) is 5.56 Å². The first kappa shape index (κ1) is 14.1. The molecule has 0 saturated carbocycles. The molecule has 5 heteroatoms. The molecule has 0 fully saturated rings. The molecule has 4 N–H and O–H groups in total. The summed E-state index contributed by atoms with van der Waals surface area (Å²) in [4.78, 5) is 0. The number of ether oxygens (including phenoxy) is 1. The van der Waals surface area contributed by atoms with Crippen LogP contribution in [0, 0.1) is 0 Å². The highest BCUT2D eigenvalue weighted by Gasteiger charge is 2.23. The highest BCUT2D eigenvalue weighted by atomic mass is 16.5. The lowest BCUT2D eigenvalue weighted by Gasteiger charge is -2.21. The van der Waals surface area contributed by atoms with Crippen molar-refractivity contribution in [3.8, 4) is 0 Å². The Morgan fingerprint density at radius 3 is 2.24 bits per heavy atom. The summed E-state index contributed by atoms with van der Waals surface area (Å²) < 4.78 is 5.19. The molecule has 0 unspecified atom stereocenters. The summed E-state index contributed by atoms with van der Waals surface area (Å²) in [5.41, 5.74) is 0.955. The van der Waals surface area contributed by atoms with Gasteiger partial charge >= 0.3 is 0 Å².